The fourth-order valence-corrected chi connectivity index (χ4v) is 2.93. The van der Waals surface area contributed by atoms with Crippen LogP contribution in [0.4, 0.5) is 8.78 Å². The van der Waals surface area contributed by atoms with Crippen molar-refractivity contribution in [3.63, 3.8) is 0 Å². The second-order valence-electron chi connectivity index (χ2n) is 8.06. The van der Waals surface area contributed by atoms with Gasteiger partial charge in [-0.05, 0) is 56.9 Å². The summed E-state index contributed by atoms with van der Waals surface area (Å²) in [7, 11) is 1.39. The first-order valence-corrected chi connectivity index (χ1v) is 9.53. The van der Waals surface area contributed by atoms with Crippen LogP contribution >= 0.6 is 0 Å². The molecule has 1 aromatic carbocycles. The van der Waals surface area contributed by atoms with Crippen LogP contribution in [0.1, 0.15) is 62.3 Å². The van der Waals surface area contributed by atoms with Crippen molar-refractivity contribution in [3.8, 4) is 11.5 Å². The largest absolute Gasteiger partial charge is 0.493 e. The minimum Gasteiger partial charge on any atom is -0.493 e. The highest BCUT2D eigenvalue weighted by Crippen LogP contribution is 2.29. The third kappa shape index (κ3) is 5.92. The number of rotatable bonds is 8. The molecule has 1 N–H and O–H groups in total. The summed E-state index contributed by atoms with van der Waals surface area (Å²) >= 11 is 0. The van der Waals surface area contributed by atoms with E-state index in [4.69, 9.17) is 4.74 Å². The van der Waals surface area contributed by atoms with Gasteiger partial charge in [-0.15, -0.1) is 0 Å². The molecule has 1 aromatic heterocycles. The van der Waals surface area contributed by atoms with Gasteiger partial charge in [0, 0.05) is 12.2 Å². The Kier molecular flexibility index (Phi) is 7.21. The van der Waals surface area contributed by atoms with Crippen LogP contribution in [0.25, 0.3) is 0 Å². The average molecular weight is 409 g/mol. The van der Waals surface area contributed by atoms with Gasteiger partial charge in [0.1, 0.15) is 5.69 Å². The van der Waals surface area contributed by atoms with E-state index in [0.717, 1.165) is 11.3 Å². The van der Waals surface area contributed by atoms with Crippen molar-refractivity contribution in [1.82, 2.24) is 15.1 Å². The molecule has 1 heterocycles. The molecule has 0 aliphatic carbocycles. The molecule has 160 valence electrons. The van der Waals surface area contributed by atoms with Crippen LogP contribution < -0.4 is 14.8 Å². The first-order valence-electron chi connectivity index (χ1n) is 9.53. The first-order chi connectivity index (χ1) is 13.5. The Balaban J connectivity index is 2.03. The van der Waals surface area contributed by atoms with Crippen molar-refractivity contribution in [2.75, 3.05) is 13.7 Å². The van der Waals surface area contributed by atoms with Crippen LogP contribution in [0.15, 0.2) is 24.3 Å². The summed E-state index contributed by atoms with van der Waals surface area (Å²) in [4.78, 5) is 12.5. The van der Waals surface area contributed by atoms with Crippen LogP contribution in [0, 0.1) is 0 Å². The summed E-state index contributed by atoms with van der Waals surface area (Å²) in [5, 5.41) is 7.35. The maximum atomic E-state index is 12.5. The molecule has 0 atom stereocenters. The molecule has 6 nitrogen and oxygen atoms in total. The Labute approximate surface area is 170 Å². The van der Waals surface area contributed by atoms with Crippen molar-refractivity contribution >= 4 is 5.91 Å². The van der Waals surface area contributed by atoms with Crippen LogP contribution in [0.5, 0.6) is 11.5 Å². The molecular formula is C21H29F2N3O3. The molecule has 2 aromatic rings. The highest BCUT2D eigenvalue weighted by molar-refractivity contribution is 5.92. The average Bonchev–Trinajstić information content (AvgIpc) is 3.08. The Morgan fingerprint density at radius 2 is 1.90 bits per heavy atom. The molecule has 0 saturated heterocycles. The number of carbonyl (C=O) groups is 1. The number of benzene rings is 1. The molecule has 1 amide bonds. The molecule has 0 fully saturated rings. The van der Waals surface area contributed by atoms with E-state index in [0.29, 0.717) is 18.7 Å². The van der Waals surface area contributed by atoms with Gasteiger partial charge in [0.05, 0.1) is 12.6 Å². The zero-order valence-corrected chi connectivity index (χ0v) is 17.8. The number of nitrogens with zero attached hydrogens (tertiary/aromatic N) is 2. The van der Waals surface area contributed by atoms with Gasteiger partial charge in [0.25, 0.3) is 5.91 Å². The van der Waals surface area contributed by atoms with Crippen LogP contribution in [-0.4, -0.2) is 36.0 Å². The monoisotopic (exact) mass is 409 g/mol. The Morgan fingerprint density at radius 3 is 2.41 bits per heavy atom. The highest BCUT2D eigenvalue weighted by Gasteiger charge is 2.23. The summed E-state index contributed by atoms with van der Waals surface area (Å²) in [6.07, 6.45) is 0.508. The van der Waals surface area contributed by atoms with E-state index >= 15 is 0 Å². The number of methoxy groups -OCH3 is 1. The van der Waals surface area contributed by atoms with Gasteiger partial charge in [-0.25, -0.2) is 0 Å². The Morgan fingerprint density at radius 1 is 1.21 bits per heavy atom. The lowest BCUT2D eigenvalue weighted by Gasteiger charge is -2.23. The van der Waals surface area contributed by atoms with Gasteiger partial charge < -0.3 is 14.8 Å². The maximum Gasteiger partial charge on any atom is 0.387 e. The second-order valence-corrected chi connectivity index (χ2v) is 8.06. The van der Waals surface area contributed by atoms with E-state index < -0.39 is 6.61 Å². The predicted molar refractivity (Wildman–Crippen MR) is 107 cm³/mol. The van der Waals surface area contributed by atoms with Crippen LogP contribution in [-0.2, 0) is 12.0 Å². The molecular weight excluding hydrogens is 380 g/mol. The van der Waals surface area contributed by atoms with E-state index in [2.05, 4.69) is 29.0 Å². The predicted octanol–water partition coefficient (Wildman–Crippen LogP) is 4.34. The van der Waals surface area contributed by atoms with E-state index in [1.807, 2.05) is 31.5 Å². The molecule has 2 rings (SSSR count). The van der Waals surface area contributed by atoms with Gasteiger partial charge in [0.15, 0.2) is 11.5 Å². The summed E-state index contributed by atoms with van der Waals surface area (Å²) in [5.74, 6) is 0.188. The molecule has 0 bridgehead atoms. The van der Waals surface area contributed by atoms with E-state index in [9.17, 15) is 13.6 Å². The lowest BCUT2D eigenvalue weighted by molar-refractivity contribution is -0.0512. The lowest BCUT2D eigenvalue weighted by Crippen LogP contribution is -2.28. The number of carbonyl (C=O) groups excluding carboxylic acids is 1. The van der Waals surface area contributed by atoms with Gasteiger partial charge >= 0.3 is 6.61 Å². The van der Waals surface area contributed by atoms with E-state index in [1.165, 1.54) is 13.2 Å². The smallest absolute Gasteiger partial charge is 0.387 e. The van der Waals surface area contributed by atoms with Crippen molar-refractivity contribution in [2.24, 2.45) is 0 Å². The number of halogens is 2. The minimum atomic E-state index is -2.92. The molecule has 0 spiro atoms. The second kappa shape index (κ2) is 9.24. The molecule has 0 aliphatic rings. The third-order valence-corrected chi connectivity index (χ3v) is 4.34. The zero-order chi connectivity index (χ0) is 21.8. The van der Waals surface area contributed by atoms with Crippen molar-refractivity contribution in [2.45, 2.75) is 59.1 Å². The molecule has 0 radical (unpaired) electrons. The SMILES string of the molecule is COc1cc(CCNC(=O)c2cc(C(C)C)n(C(C)(C)C)n2)ccc1OC(F)F. The molecule has 0 unspecified atom stereocenters. The third-order valence-electron chi connectivity index (χ3n) is 4.34. The molecule has 0 aliphatic heterocycles. The number of aromatic nitrogens is 2. The number of hydrogen-bond donors (Lipinski definition) is 1. The van der Waals surface area contributed by atoms with Crippen molar-refractivity contribution < 1.29 is 23.0 Å². The number of hydrogen-bond acceptors (Lipinski definition) is 4. The highest BCUT2D eigenvalue weighted by atomic mass is 19.3. The van der Waals surface area contributed by atoms with Gasteiger partial charge in [-0.1, -0.05) is 19.9 Å². The van der Waals surface area contributed by atoms with E-state index in [-0.39, 0.29) is 28.9 Å². The van der Waals surface area contributed by atoms with Gasteiger partial charge in [-0.2, -0.15) is 13.9 Å². The number of ether oxygens (including phenoxy) is 2. The fraction of sp³-hybridized carbons (Fsp3) is 0.524. The standard InChI is InChI=1S/C21H29F2N3O3/c1-13(2)16-12-15(25-26(16)21(3,4)5)19(27)24-10-9-14-7-8-17(29-20(22)23)18(11-14)28-6/h7-8,11-13,20H,9-10H2,1-6H3,(H,24,27). The lowest BCUT2D eigenvalue weighted by atomic mass is 10.1. The molecule has 8 heteroatoms. The van der Waals surface area contributed by atoms with Crippen molar-refractivity contribution in [3.05, 3.63) is 41.2 Å². The normalized spacial score (nSPS) is 11.8. The summed E-state index contributed by atoms with van der Waals surface area (Å²) in [5.41, 5.74) is 1.98. The zero-order valence-electron chi connectivity index (χ0n) is 17.8. The molecule has 0 saturated carbocycles. The van der Waals surface area contributed by atoms with Crippen LogP contribution in [0.2, 0.25) is 0 Å². The topological polar surface area (TPSA) is 65.4 Å². The summed E-state index contributed by atoms with van der Waals surface area (Å²) in [6.45, 7) is 7.72. The summed E-state index contributed by atoms with van der Waals surface area (Å²) < 4.78 is 36.2. The quantitative estimate of drug-likeness (QED) is 0.704. The fourth-order valence-electron chi connectivity index (χ4n) is 2.93. The molecule has 29 heavy (non-hydrogen) atoms. The Hall–Kier alpha value is -2.64. The first kappa shape index (κ1) is 22.6. The number of amides is 1. The van der Waals surface area contributed by atoms with Gasteiger partial charge in [0.2, 0.25) is 0 Å². The minimum absolute atomic E-state index is 0.0239. The van der Waals surface area contributed by atoms with E-state index in [1.54, 1.807) is 12.1 Å². The summed E-state index contributed by atoms with van der Waals surface area (Å²) in [6, 6.07) is 6.54. The maximum absolute atomic E-state index is 12.5. The van der Waals surface area contributed by atoms with Crippen LogP contribution in [0.3, 0.4) is 0 Å². The Bertz CT molecular complexity index is 842. The van der Waals surface area contributed by atoms with Crippen molar-refractivity contribution in [1.29, 1.82) is 0 Å². The number of alkyl halides is 2. The number of nitrogens with one attached hydrogen (secondary N) is 1. The van der Waals surface area contributed by atoms with Gasteiger partial charge in [-0.3, -0.25) is 9.48 Å².